The largest absolute Gasteiger partial charge is 0.340 e. The summed E-state index contributed by atoms with van der Waals surface area (Å²) in [5.74, 6) is 0.157. The minimum Gasteiger partial charge on any atom is -0.340 e. The van der Waals surface area contributed by atoms with E-state index in [2.05, 4.69) is 15.3 Å². The highest BCUT2D eigenvalue weighted by Gasteiger charge is 2.22. The van der Waals surface area contributed by atoms with Gasteiger partial charge in [0.05, 0.1) is 29.2 Å². The molecule has 0 unspecified atom stereocenters. The number of carbonyl (C=O) groups is 2. The lowest BCUT2D eigenvalue weighted by molar-refractivity contribution is -0.132. The number of aromatic nitrogens is 2. The molecule has 0 aliphatic carbocycles. The maximum absolute atomic E-state index is 12.7. The zero-order valence-electron chi connectivity index (χ0n) is 20.3. The van der Waals surface area contributed by atoms with Crippen molar-refractivity contribution in [3.05, 3.63) is 77.1 Å². The van der Waals surface area contributed by atoms with Crippen LogP contribution < -0.4 is 5.32 Å². The first kappa shape index (κ1) is 23.7. The molecule has 7 heteroatoms. The molecule has 1 aliphatic rings. The minimum atomic E-state index is -0.0168. The summed E-state index contributed by atoms with van der Waals surface area (Å²) in [6, 6.07) is 18.0. The average Bonchev–Trinajstić information content (AvgIpc) is 3.13. The summed E-state index contributed by atoms with van der Waals surface area (Å²) in [6.45, 7) is 9.58. The van der Waals surface area contributed by atoms with Crippen LogP contribution >= 0.6 is 0 Å². The van der Waals surface area contributed by atoms with E-state index in [-0.39, 0.29) is 11.8 Å². The Bertz CT molecular complexity index is 1150. The molecule has 0 radical (unpaired) electrons. The van der Waals surface area contributed by atoms with Gasteiger partial charge in [-0.2, -0.15) is 5.10 Å². The molecule has 1 fully saturated rings. The monoisotopic (exact) mass is 459 g/mol. The van der Waals surface area contributed by atoms with E-state index in [0.29, 0.717) is 32.5 Å². The van der Waals surface area contributed by atoms with Crippen LogP contribution in [0.1, 0.15) is 28.9 Å². The topological polar surface area (TPSA) is 70.5 Å². The Balaban J connectivity index is 1.25. The number of carbonyl (C=O) groups excluding carboxylic acids is 2. The van der Waals surface area contributed by atoms with Crippen LogP contribution in [0.25, 0.3) is 5.69 Å². The highest BCUT2D eigenvalue weighted by molar-refractivity contribution is 5.92. The van der Waals surface area contributed by atoms with Gasteiger partial charge in [-0.3, -0.25) is 14.5 Å². The third kappa shape index (κ3) is 5.54. The molecule has 178 valence electrons. The zero-order chi connectivity index (χ0) is 24.1. The van der Waals surface area contributed by atoms with Crippen molar-refractivity contribution in [1.29, 1.82) is 0 Å². The lowest BCUT2D eigenvalue weighted by Crippen LogP contribution is -2.49. The van der Waals surface area contributed by atoms with Crippen molar-refractivity contribution in [2.24, 2.45) is 0 Å². The van der Waals surface area contributed by atoms with E-state index < -0.39 is 0 Å². The number of hydrogen-bond donors (Lipinski definition) is 1. The first-order chi connectivity index (χ1) is 16.4. The molecule has 7 nitrogen and oxygen atoms in total. The van der Waals surface area contributed by atoms with Gasteiger partial charge in [0.15, 0.2) is 0 Å². The van der Waals surface area contributed by atoms with Gasteiger partial charge in [0.2, 0.25) is 11.8 Å². The first-order valence-electron chi connectivity index (χ1n) is 11.9. The molecule has 1 aromatic heterocycles. The van der Waals surface area contributed by atoms with Crippen LogP contribution in [-0.4, -0.2) is 64.1 Å². The molecule has 34 heavy (non-hydrogen) atoms. The third-order valence-electron chi connectivity index (χ3n) is 6.54. The van der Waals surface area contributed by atoms with Crippen LogP contribution in [0.5, 0.6) is 0 Å². The summed E-state index contributed by atoms with van der Waals surface area (Å²) in [5.41, 5.74) is 5.71. The molecule has 0 atom stereocenters. The molecule has 3 aromatic rings. The van der Waals surface area contributed by atoms with Crippen LogP contribution in [0.4, 0.5) is 5.69 Å². The molecule has 0 bridgehead atoms. The van der Waals surface area contributed by atoms with E-state index in [4.69, 9.17) is 0 Å². The van der Waals surface area contributed by atoms with Crippen LogP contribution in [0.2, 0.25) is 0 Å². The number of nitrogens with zero attached hydrogens (tertiary/aromatic N) is 4. The van der Waals surface area contributed by atoms with Crippen molar-refractivity contribution < 1.29 is 9.59 Å². The smallest absolute Gasteiger partial charge is 0.227 e. The Morgan fingerprint density at radius 3 is 2.29 bits per heavy atom. The summed E-state index contributed by atoms with van der Waals surface area (Å²) in [7, 11) is 0. The molecule has 2 heterocycles. The minimum absolute atomic E-state index is 0.0168. The SMILES string of the molecule is Cc1ccccc1CC(=O)N1CCN(CCC(=O)Nc2c(C)nn(-c3ccccc3)c2C)CC1. The molecular formula is C27H33N5O2. The van der Waals surface area contributed by atoms with E-state index in [0.717, 1.165) is 47.0 Å². The summed E-state index contributed by atoms with van der Waals surface area (Å²) >= 11 is 0. The molecule has 0 saturated carbocycles. The standard InChI is InChI=1S/C27H33N5O2/c1-20-9-7-8-10-23(20)19-26(34)31-17-15-30(16-18-31)14-13-25(33)28-27-21(2)29-32(22(27)3)24-11-5-4-6-12-24/h4-12H,13-19H2,1-3H3,(H,28,33). The van der Waals surface area contributed by atoms with E-state index in [9.17, 15) is 9.59 Å². The maximum Gasteiger partial charge on any atom is 0.227 e. The number of para-hydroxylation sites is 1. The molecule has 2 aromatic carbocycles. The van der Waals surface area contributed by atoms with Crippen molar-refractivity contribution in [2.75, 3.05) is 38.0 Å². The van der Waals surface area contributed by atoms with Gasteiger partial charge in [-0.1, -0.05) is 42.5 Å². The molecule has 4 rings (SSSR count). The second kappa shape index (κ2) is 10.7. The Morgan fingerprint density at radius 1 is 0.912 bits per heavy atom. The lowest BCUT2D eigenvalue weighted by atomic mass is 10.1. The first-order valence-corrected chi connectivity index (χ1v) is 11.9. The molecule has 1 N–H and O–H groups in total. The van der Waals surface area contributed by atoms with Gasteiger partial charge in [-0.15, -0.1) is 0 Å². The number of rotatable bonds is 7. The number of amides is 2. The van der Waals surface area contributed by atoms with Crippen LogP contribution in [0.3, 0.4) is 0 Å². The average molecular weight is 460 g/mol. The normalized spacial score (nSPS) is 14.3. The number of nitrogens with one attached hydrogen (secondary N) is 1. The van der Waals surface area contributed by atoms with Gasteiger partial charge in [0.1, 0.15) is 0 Å². The number of aryl methyl sites for hydroxylation is 2. The summed E-state index contributed by atoms with van der Waals surface area (Å²) in [6.07, 6.45) is 0.858. The maximum atomic E-state index is 12.7. The van der Waals surface area contributed by atoms with Gasteiger partial charge >= 0.3 is 0 Å². The van der Waals surface area contributed by atoms with E-state index in [1.54, 1.807) is 0 Å². The molecular weight excluding hydrogens is 426 g/mol. The summed E-state index contributed by atoms with van der Waals surface area (Å²) in [4.78, 5) is 29.6. The van der Waals surface area contributed by atoms with Crippen molar-refractivity contribution in [2.45, 2.75) is 33.6 Å². The van der Waals surface area contributed by atoms with Gasteiger partial charge < -0.3 is 10.2 Å². The van der Waals surface area contributed by atoms with Crippen LogP contribution in [-0.2, 0) is 16.0 Å². The Hall–Kier alpha value is -3.45. The zero-order valence-corrected chi connectivity index (χ0v) is 20.3. The van der Waals surface area contributed by atoms with Gasteiger partial charge in [-0.05, 0) is 44.0 Å². The van der Waals surface area contributed by atoms with Crippen molar-refractivity contribution in [1.82, 2.24) is 19.6 Å². The van der Waals surface area contributed by atoms with E-state index in [1.807, 2.05) is 85.0 Å². The van der Waals surface area contributed by atoms with Crippen molar-refractivity contribution in [3.63, 3.8) is 0 Å². The summed E-state index contributed by atoms with van der Waals surface area (Å²) < 4.78 is 1.86. The Kier molecular flexibility index (Phi) is 7.43. The van der Waals surface area contributed by atoms with Crippen LogP contribution in [0, 0.1) is 20.8 Å². The molecule has 1 aliphatic heterocycles. The predicted octanol–water partition coefficient (Wildman–Crippen LogP) is 3.51. The van der Waals surface area contributed by atoms with Gasteiger partial charge in [0.25, 0.3) is 0 Å². The fourth-order valence-corrected chi connectivity index (χ4v) is 4.41. The highest BCUT2D eigenvalue weighted by Crippen LogP contribution is 2.23. The summed E-state index contributed by atoms with van der Waals surface area (Å²) in [5, 5.41) is 7.65. The second-order valence-corrected chi connectivity index (χ2v) is 8.92. The van der Waals surface area contributed by atoms with E-state index >= 15 is 0 Å². The fourth-order valence-electron chi connectivity index (χ4n) is 4.41. The van der Waals surface area contributed by atoms with E-state index in [1.165, 1.54) is 0 Å². The third-order valence-corrected chi connectivity index (χ3v) is 6.54. The molecule has 0 spiro atoms. The van der Waals surface area contributed by atoms with Crippen LogP contribution in [0.15, 0.2) is 54.6 Å². The number of anilines is 1. The fraction of sp³-hybridized carbons (Fsp3) is 0.370. The number of benzene rings is 2. The second-order valence-electron chi connectivity index (χ2n) is 8.92. The molecule has 1 saturated heterocycles. The lowest BCUT2D eigenvalue weighted by Gasteiger charge is -2.34. The van der Waals surface area contributed by atoms with Gasteiger partial charge in [-0.25, -0.2) is 4.68 Å². The number of piperazine rings is 1. The number of hydrogen-bond acceptors (Lipinski definition) is 4. The van der Waals surface area contributed by atoms with Crippen molar-refractivity contribution in [3.8, 4) is 5.69 Å². The Labute approximate surface area is 201 Å². The highest BCUT2D eigenvalue weighted by atomic mass is 16.2. The molecule has 2 amide bonds. The Morgan fingerprint density at radius 2 is 1.59 bits per heavy atom. The predicted molar refractivity (Wildman–Crippen MR) is 134 cm³/mol. The van der Waals surface area contributed by atoms with Crippen molar-refractivity contribution >= 4 is 17.5 Å². The van der Waals surface area contributed by atoms with Gasteiger partial charge in [0, 0.05) is 39.1 Å². The quantitative estimate of drug-likeness (QED) is 0.587.